The van der Waals surface area contributed by atoms with Gasteiger partial charge in [-0.25, -0.2) is 0 Å². The fourth-order valence-electron chi connectivity index (χ4n) is 4.66. The zero-order valence-corrected chi connectivity index (χ0v) is 27.7. The van der Waals surface area contributed by atoms with Gasteiger partial charge in [-0.3, -0.25) is 0 Å². The van der Waals surface area contributed by atoms with Gasteiger partial charge >= 0.3 is 26.6 Å². The highest BCUT2D eigenvalue weighted by atomic mass is 19.4. The maximum atomic E-state index is 13.3. The quantitative estimate of drug-likeness (QED) is 0.264. The van der Waals surface area contributed by atoms with Crippen LogP contribution in [0.2, 0.25) is 0 Å². The van der Waals surface area contributed by atoms with Gasteiger partial charge in [-0.1, -0.05) is 47.5 Å². The van der Waals surface area contributed by atoms with Gasteiger partial charge in [0.15, 0.2) is 0 Å². The minimum atomic E-state index is -5.17. The van der Waals surface area contributed by atoms with Crippen molar-refractivity contribution in [2.45, 2.75) is 115 Å². The molecule has 48 heavy (non-hydrogen) atoms. The molecule has 0 aromatic heterocycles. The van der Waals surface area contributed by atoms with Gasteiger partial charge in [-0.15, -0.1) is 0 Å². The minimum Gasteiger partial charge on any atom is -0.399 e. The second-order valence-electron chi connectivity index (χ2n) is 13.8. The summed E-state index contributed by atoms with van der Waals surface area (Å²) in [7, 11) is -2.50. The van der Waals surface area contributed by atoms with Crippen molar-refractivity contribution in [3.8, 4) is 0 Å². The first-order chi connectivity index (χ1) is 23.9. The van der Waals surface area contributed by atoms with Crippen LogP contribution in [0, 0.1) is 13.7 Å². The SMILES string of the molecule is [2H]C([2H])([2H])c1ccc([C@@](O)(CO)C(F)(F)F)cc1B1OC(C)(C)C(C)(C)O1.[2H]C([2H])([2H])c1ccc([C@](O)(CO)C(F)(F)F)cc1B1OC(C)(C)C(C)(C)O1. The highest BCUT2D eigenvalue weighted by Crippen LogP contribution is 2.42. The van der Waals surface area contributed by atoms with Crippen molar-refractivity contribution in [1.82, 2.24) is 0 Å². The van der Waals surface area contributed by atoms with E-state index in [2.05, 4.69) is 0 Å². The number of aryl methyl sites for hydroxylation is 2. The molecule has 2 atom stereocenters. The normalized spacial score (nSPS) is 24.9. The smallest absolute Gasteiger partial charge is 0.399 e. The molecule has 2 heterocycles. The summed E-state index contributed by atoms with van der Waals surface area (Å²) in [6.45, 7) is 5.18. The van der Waals surface area contributed by atoms with Crippen LogP contribution in [0.5, 0.6) is 0 Å². The lowest BCUT2D eigenvalue weighted by atomic mass is 9.74. The number of aliphatic hydroxyl groups excluding tert-OH is 2. The van der Waals surface area contributed by atoms with Gasteiger partial charge in [0.25, 0.3) is 0 Å². The zero-order chi connectivity index (χ0) is 42.1. The number of hydrogen-bond acceptors (Lipinski definition) is 8. The van der Waals surface area contributed by atoms with Crippen LogP contribution in [0.25, 0.3) is 0 Å². The molecule has 0 radical (unpaired) electrons. The lowest BCUT2D eigenvalue weighted by molar-refractivity contribution is -0.277. The van der Waals surface area contributed by atoms with E-state index in [9.17, 15) is 46.8 Å². The molecule has 268 valence electrons. The van der Waals surface area contributed by atoms with Crippen molar-refractivity contribution in [2.75, 3.05) is 13.2 Å². The van der Waals surface area contributed by atoms with E-state index in [1.165, 1.54) is 0 Å². The molecule has 4 rings (SSSR count). The lowest BCUT2D eigenvalue weighted by Gasteiger charge is -2.32. The van der Waals surface area contributed by atoms with Crippen molar-refractivity contribution < 1.29 is 73.6 Å². The van der Waals surface area contributed by atoms with Gasteiger partial charge in [0, 0.05) is 8.22 Å². The third kappa shape index (κ3) is 7.18. The van der Waals surface area contributed by atoms with Gasteiger partial charge in [0.05, 0.1) is 35.6 Å². The number of hydrogen-bond donors (Lipinski definition) is 4. The molecule has 0 aliphatic carbocycles. The highest BCUT2D eigenvalue weighted by Gasteiger charge is 2.58. The standard InChI is InChI=1S/2C16H22BF3O4/c2*1-10-6-7-11(15(22,9-21)16(18,19)20)8-12(10)17-23-13(2,3)14(4,5)24-17/h2*6-8,21-22H,9H2,1-5H3/t2*15-/m10/s1/i2*1D3. The first kappa shape index (κ1) is 31.8. The van der Waals surface area contributed by atoms with Crippen LogP contribution in [0.4, 0.5) is 26.3 Å². The fourth-order valence-corrected chi connectivity index (χ4v) is 4.66. The van der Waals surface area contributed by atoms with E-state index in [0.717, 1.165) is 36.4 Å². The highest BCUT2D eigenvalue weighted by molar-refractivity contribution is 6.63. The molecule has 8 nitrogen and oxygen atoms in total. The number of halogens is 6. The molecule has 0 saturated carbocycles. The first-order valence-electron chi connectivity index (χ1n) is 17.7. The molecule has 0 bridgehead atoms. The summed E-state index contributed by atoms with van der Waals surface area (Å²) in [5.41, 5.74) is -12.7. The minimum absolute atomic E-state index is 0.151. The molecule has 4 N–H and O–H groups in total. The summed E-state index contributed by atoms with van der Waals surface area (Å²) < 4.78 is 149. The number of aliphatic hydroxyl groups is 4. The van der Waals surface area contributed by atoms with Crippen molar-refractivity contribution in [2.24, 2.45) is 0 Å². The summed E-state index contributed by atoms with van der Waals surface area (Å²) in [6, 6.07) is 5.34. The van der Waals surface area contributed by atoms with Crippen LogP contribution >= 0.6 is 0 Å². The van der Waals surface area contributed by atoms with Crippen molar-refractivity contribution >= 4 is 25.2 Å². The van der Waals surface area contributed by atoms with E-state index in [4.69, 9.17) is 26.8 Å². The molecule has 2 aromatic rings. The second kappa shape index (κ2) is 12.9. The molecule has 2 fully saturated rings. The molecule has 2 saturated heterocycles. The Hall–Kier alpha value is -2.17. The van der Waals surface area contributed by atoms with Gasteiger partial charge in [-0.2, -0.15) is 26.3 Å². The summed E-state index contributed by atoms with van der Waals surface area (Å²) in [6.07, 6.45) is -10.3. The van der Waals surface area contributed by atoms with Gasteiger partial charge in [0.1, 0.15) is 0 Å². The van der Waals surface area contributed by atoms with Gasteiger partial charge in [0.2, 0.25) is 11.2 Å². The van der Waals surface area contributed by atoms with Crippen LogP contribution < -0.4 is 10.9 Å². The number of rotatable bonds is 6. The first-order valence-corrected chi connectivity index (χ1v) is 14.7. The molecule has 2 aliphatic heterocycles. The Morgan fingerprint density at radius 2 is 0.854 bits per heavy atom. The Morgan fingerprint density at radius 1 is 0.583 bits per heavy atom. The summed E-state index contributed by atoms with van der Waals surface area (Å²) >= 11 is 0. The third-order valence-electron chi connectivity index (χ3n) is 9.47. The number of benzene rings is 2. The lowest BCUT2D eigenvalue weighted by Crippen LogP contribution is -2.47. The maximum Gasteiger partial charge on any atom is 0.495 e. The molecule has 0 unspecified atom stereocenters. The summed E-state index contributed by atoms with van der Waals surface area (Å²) in [5.74, 6) is 0. The fraction of sp³-hybridized carbons (Fsp3) is 0.625. The largest absolute Gasteiger partial charge is 0.495 e. The Morgan fingerprint density at radius 3 is 1.06 bits per heavy atom. The predicted molar refractivity (Wildman–Crippen MR) is 168 cm³/mol. The molecule has 16 heteroatoms. The number of alkyl halides is 6. The molecule has 2 aliphatic rings. The Balaban J connectivity index is 0.000000290. The van der Waals surface area contributed by atoms with Crippen LogP contribution in [0.3, 0.4) is 0 Å². The summed E-state index contributed by atoms with van der Waals surface area (Å²) in [5, 5.41) is 38.4. The average molecular weight is 698 g/mol. The molecular weight excluding hydrogens is 648 g/mol. The Bertz CT molecular complexity index is 1530. The van der Waals surface area contributed by atoms with E-state index in [1.54, 1.807) is 55.4 Å². The van der Waals surface area contributed by atoms with Crippen molar-refractivity contribution in [1.29, 1.82) is 0 Å². The molecule has 0 spiro atoms. The third-order valence-corrected chi connectivity index (χ3v) is 9.47. The monoisotopic (exact) mass is 698 g/mol. The molecule has 0 amide bonds. The van der Waals surface area contributed by atoms with Crippen molar-refractivity contribution in [3.63, 3.8) is 0 Å². The Kier molecular flexibility index (Phi) is 8.52. The van der Waals surface area contributed by atoms with Gasteiger partial charge < -0.3 is 39.0 Å². The van der Waals surface area contributed by atoms with E-state index in [-0.39, 0.29) is 22.1 Å². The molecular formula is C32H44B2F6O8. The maximum absolute atomic E-state index is 13.3. The predicted octanol–water partition coefficient (Wildman–Crippen LogP) is 4.07. The summed E-state index contributed by atoms with van der Waals surface area (Å²) in [4.78, 5) is 0. The topological polar surface area (TPSA) is 118 Å². The zero-order valence-electron chi connectivity index (χ0n) is 33.7. The van der Waals surface area contributed by atoms with Gasteiger partial charge in [-0.05, 0) is 91.1 Å². The van der Waals surface area contributed by atoms with E-state index >= 15 is 0 Å². The van der Waals surface area contributed by atoms with Crippen LogP contribution in [-0.4, -0.2) is 82.6 Å². The molecule has 2 aromatic carbocycles. The van der Waals surface area contributed by atoms with Crippen LogP contribution in [0.15, 0.2) is 36.4 Å². The van der Waals surface area contributed by atoms with Crippen LogP contribution in [0.1, 0.15) is 85.9 Å². The Labute approximate surface area is 286 Å². The van der Waals surface area contributed by atoms with E-state index in [0.29, 0.717) is 0 Å². The van der Waals surface area contributed by atoms with Crippen LogP contribution in [-0.2, 0) is 29.8 Å². The average Bonchev–Trinajstić information content (AvgIpc) is 3.37. The van der Waals surface area contributed by atoms with E-state index < -0.39 is 98.2 Å². The van der Waals surface area contributed by atoms with Crippen molar-refractivity contribution in [3.05, 3.63) is 58.7 Å². The van der Waals surface area contributed by atoms with E-state index in [1.807, 2.05) is 0 Å². The second-order valence-corrected chi connectivity index (χ2v) is 13.8.